The maximum Gasteiger partial charge on any atom is 0.289 e. The molecule has 3 heterocycles. The number of rotatable bonds is 2. The number of hydrogen-bond donors (Lipinski definition) is 1. The fourth-order valence-corrected chi connectivity index (χ4v) is 4.14. The Morgan fingerprint density at radius 1 is 1.03 bits per heavy atom. The maximum atomic E-state index is 13.4. The molecular weight excluding hydrogens is 418 g/mol. The number of carbonyl (C=O) groups is 3. The summed E-state index contributed by atoms with van der Waals surface area (Å²) in [7, 11) is 0. The van der Waals surface area contributed by atoms with Gasteiger partial charge in [0.2, 0.25) is 5.91 Å². The van der Waals surface area contributed by atoms with Gasteiger partial charge in [-0.05, 0) is 47.5 Å². The summed E-state index contributed by atoms with van der Waals surface area (Å²) >= 11 is 5.98. The molecule has 0 aliphatic carbocycles. The highest BCUT2D eigenvalue weighted by molar-refractivity contribution is 6.30. The van der Waals surface area contributed by atoms with Crippen LogP contribution in [0.15, 0.2) is 65.3 Å². The Hall–Kier alpha value is -3.58. The summed E-state index contributed by atoms with van der Waals surface area (Å²) in [6.07, 6.45) is 1.43. The number of nitrogens with zero attached hydrogens (tertiary/aromatic N) is 2. The third kappa shape index (κ3) is 3.47. The number of carbonyl (C=O) groups excluding carboxylic acids is 3. The molecule has 1 atom stereocenters. The van der Waals surface area contributed by atoms with E-state index in [0.717, 1.165) is 11.1 Å². The van der Waals surface area contributed by atoms with E-state index >= 15 is 0 Å². The Bertz CT molecular complexity index is 1170. The van der Waals surface area contributed by atoms with E-state index in [1.807, 2.05) is 18.2 Å². The molecule has 1 fully saturated rings. The summed E-state index contributed by atoms with van der Waals surface area (Å²) in [5.41, 5.74) is 2.66. The summed E-state index contributed by atoms with van der Waals surface area (Å²) in [5, 5.41) is 3.48. The number of amides is 3. The van der Waals surface area contributed by atoms with E-state index in [-0.39, 0.29) is 36.6 Å². The van der Waals surface area contributed by atoms with Crippen molar-refractivity contribution < 1.29 is 18.8 Å². The zero-order valence-electron chi connectivity index (χ0n) is 16.4. The van der Waals surface area contributed by atoms with Crippen molar-refractivity contribution in [3.8, 4) is 11.1 Å². The van der Waals surface area contributed by atoms with Gasteiger partial charge in [0.15, 0.2) is 5.76 Å². The normalized spacial score (nSPS) is 18.2. The van der Waals surface area contributed by atoms with E-state index < -0.39 is 6.04 Å². The van der Waals surface area contributed by atoms with E-state index in [1.54, 1.807) is 46.2 Å². The van der Waals surface area contributed by atoms with E-state index in [4.69, 9.17) is 16.0 Å². The van der Waals surface area contributed by atoms with Crippen LogP contribution >= 0.6 is 11.6 Å². The van der Waals surface area contributed by atoms with Crippen molar-refractivity contribution in [2.45, 2.75) is 6.04 Å². The van der Waals surface area contributed by atoms with Gasteiger partial charge in [-0.3, -0.25) is 14.4 Å². The Morgan fingerprint density at radius 2 is 1.81 bits per heavy atom. The Labute approximate surface area is 183 Å². The summed E-state index contributed by atoms with van der Waals surface area (Å²) in [6, 6.07) is 15.2. The monoisotopic (exact) mass is 435 g/mol. The minimum absolute atomic E-state index is 0.106. The van der Waals surface area contributed by atoms with Crippen LogP contribution in [0.25, 0.3) is 11.1 Å². The second-order valence-electron chi connectivity index (χ2n) is 7.50. The fraction of sp³-hybridized carbons (Fsp3) is 0.174. The minimum Gasteiger partial charge on any atom is -0.459 e. The Morgan fingerprint density at radius 3 is 2.55 bits per heavy atom. The molecule has 0 radical (unpaired) electrons. The summed E-state index contributed by atoms with van der Waals surface area (Å²) in [6.45, 7) is 0.685. The number of halogens is 1. The van der Waals surface area contributed by atoms with E-state index in [9.17, 15) is 14.4 Å². The second-order valence-corrected chi connectivity index (χ2v) is 7.94. The van der Waals surface area contributed by atoms with Gasteiger partial charge in [-0.25, -0.2) is 0 Å². The van der Waals surface area contributed by atoms with Crippen molar-refractivity contribution in [1.29, 1.82) is 0 Å². The highest BCUT2D eigenvalue weighted by atomic mass is 35.5. The summed E-state index contributed by atoms with van der Waals surface area (Å²) in [4.78, 5) is 42.0. The number of anilines is 1. The molecule has 0 unspecified atom stereocenters. The predicted molar refractivity (Wildman–Crippen MR) is 115 cm³/mol. The lowest BCUT2D eigenvalue weighted by Gasteiger charge is -2.39. The van der Waals surface area contributed by atoms with Crippen molar-refractivity contribution in [2.24, 2.45) is 0 Å². The van der Waals surface area contributed by atoms with Gasteiger partial charge in [-0.2, -0.15) is 0 Å². The molecule has 1 aromatic heterocycles. The Kier molecular flexibility index (Phi) is 4.75. The van der Waals surface area contributed by atoms with Crippen LogP contribution < -0.4 is 5.32 Å². The molecular formula is C23H18ClN3O4. The number of piperazine rings is 1. The van der Waals surface area contributed by atoms with Gasteiger partial charge in [0.1, 0.15) is 6.04 Å². The van der Waals surface area contributed by atoms with Crippen LogP contribution in [0.4, 0.5) is 5.69 Å². The molecule has 2 aliphatic heterocycles. The van der Waals surface area contributed by atoms with E-state index in [2.05, 4.69) is 5.32 Å². The molecule has 0 spiro atoms. The molecule has 2 aromatic carbocycles. The molecule has 3 aromatic rings. The summed E-state index contributed by atoms with van der Waals surface area (Å²) < 4.78 is 5.19. The lowest BCUT2D eigenvalue weighted by Crippen LogP contribution is -2.59. The minimum atomic E-state index is -0.772. The van der Waals surface area contributed by atoms with Crippen molar-refractivity contribution >= 4 is 35.0 Å². The van der Waals surface area contributed by atoms with Gasteiger partial charge in [0.25, 0.3) is 11.8 Å². The number of nitrogens with one attached hydrogen (secondary N) is 1. The average Bonchev–Trinajstić information content (AvgIpc) is 3.30. The van der Waals surface area contributed by atoms with E-state index in [0.29, 0.717) is 22.8 Å². The highest BCUT2D eigenvalue weighted by Gasteiger charge is 2.40. The molecule has 8 heteroatoms. The maximum absolute atomic E-state index is 13.4. The molecule has 2 aliphatic rings. The number of hydrogen-bond acceptors (Lipinski definition) is 4. The first-order valence-corrected chi connectivity index (χ1v) is 10.2. The first-order valence-electron chi connectivity index (χ1n) is 9.86. The summed E-state index contributed by atoms with van der Waals surface area (Å²) in [5.74, 6) is -0.635. The van der Waals surface area contributed by atoms with Gasteiger partial charge in [0.05, 0.1) is 24.1 Å². The Balaban J connectivity index is 1.44. The molecule has 1 N–H and O–H groups in total. The van der Waals surface area contributed by atoms with Crippen molar-refractivity contribution in [3.63, 3.8) is 0 Å². The smallest absolute Gasteiger partial charge is 0.289 e. The number of fused-ring (bicyclic) bond motifs is 2. The highest BCUT2D eigenvalue weighted by Crippen LogP contribution is 2.31. The molecule has 7 nitrogen and oxygen atoms in total. The van der Waals surface area contributed by atoms with Crippen molar-refractivity contribution in [1.82, 2.24) is 9.80 Å². The molecule has 5 rings (SSSR count). The van der Waals surface area contributed by atoms with Gasteiger partial charge >= 0.3 is 0 Å². The molecule has 0 saturated carbocycles. The van der Waals surface area contributed by atoms with Crippen LogP contribution in [0.1, 0.15) is 20.9 Å². The largest absolute Gasteiger partial charge is 0.459 e. The second kappa shape index (κ2) is 7.59. The SMILES string of the molecule is O=C1Nc2ccc(-c3ccc(Cl)cc3)cc2C(=O)N2CCN(C(=O)c3ccco3)C[C@@H]12. The molecule has 31 heavy (non-hydrogen) atoms. The lowest BCUT2D eigenvalue weighted by atomic mass is 10.0. The van der Waals surface area contributed by atoms with Crippen LogP contribution in [-0.2, 0) is 4.79 Å². The van der Waals surface area contributed by atoms with E-state index in [1.165, 1.54) is 6.26 Å². The first-order chi connectivity index (χ1) is 15.0. The lowest BCUT2D eigenvalue weighted by molar-refractivity contribution is -0.121. The third-order valence-corrected chi connectivity index (χ3v) is 5.90. The fourth-order valence-electron chi connectivity index (χ4n) is 4.01. The van der Waals surface area contributed by atoms with Crippen molar-refractivity contribution in [2.75, 3.05) is 25.0 Å². The number of furan rings is 1. The van der Waals surface area contributed by atoms with Crippen LogP contribution in [-0.4, -0.2) is 53.2 Å². The zero-order chi connectivity index (χ0) is 21.5. The van der Waals surface area contributed by atoms with Gasteiger partial charge < -0.3 is 19.5 Å². The third-order valence-electron chi connectivity index (χ3n) is 5.65. The number of benzene rings is 2. The van der Waals surface area contributed by atoms with Crippen LogP contribution in [0.5, 0.6) is 0 Å². The standard InChI is InChI=1S/C23H18ClN3O4/c24-16-6-3-14(4-7-16)15-5-8-18-17(12-15)22(29)27-10-9-26(13-19(27)21(28)25-18)23(30)20-2-1-11-31-20/h1-8,11-12,19H,9-10,13H2,(H,25,28)/t19-/m0/s1. The quantitative estimate of drug-likeness (QED) is 0.667. The molecule has 156 valence electrons. The molecule has 3 amide bonds. The van der Waals surface area contributed by atoms with Crippen molar-refractivity contribution in [3.05, 3.63) is 77.2 Å². The topological polar surface area (TPSA) is 82.9 Å². The van der Waals surface area contributed by atoms with Gasteiger partial charge in [-0.15, -0.1) is 0 Å². The molecule has 0 bridgehead atoms. The predicted octanol–water partition coefficient (Wildman–Crippen LogP) is 3.52. The first kappa shape index (κ1) is 19.4. The molecule has 1 saturated heterocycles. The zero-order valence-corrected chi connectivity index (χ0v) is 17.1. The average molecular weight is 436 g/mol. The van der Waals surface area contributed by atoms with Crippen LogP contribution in [0.3, 0.4) is 0 Å². The van der Waals surface area contributed by atoms with Gasteiger partial charge in [0, 0.05) is 18.1 Å². The van der Waals surface area contributed by atoms with Crippen LogP contribution in [0, 0.1) is 0 Å². The van der Waals surface area contributed by atoms with Crippen LogP contribution in [0.2, 0.25) is 5.02 Å². The van der Waals surface area contributed by atoms with Gasteiger partial charge in [-0.1, -0.05) is 29.8 Å².